The van der Waals surface area contributed by atoms with Crippen molar-refractivity contribution in [1.29, 1.82) is 0 Å². The zero-order valence-corrected chi connectivity index (χ0v) is 15.1. The summed E-state index contributed by atoms with van der Waals surface area (Å²) in [5.41, 5.74) is 0. The highest BCUT2D eigenvalue weighted by Gasteiger charge is 2.15. The summed E-state index contributed by atoms with van der Waals surface area (Å²) in [6, 6.07) is 0. The van der Waals surface area contributed by atoms with Crippen molar-refractivity contribution in [1.82, 2.24) is 0 Å². The van der Waals surface area contributed by atoms with Crippen LogP contribution in [-0.2, 0) is 14.2 Å². The minimum Gasteiger partial charge on any atom is -0.356 e. The number of ether oxygens (including phenoxy) is 3. The molecule has 0 N–H and O–H groups in total. The van der Waals surface area contributed by atoms with Crippen LogP contribution in [0.25, 0.3) is 0 Å². The Morgan fingerprint density at radius 3 is 1.33 bits per heavy atom. The third-order valence-corrected chi connectivity index (χ3v) is 4.01. The number of alkyl halides is 2. The van der Waals surface area contributed by atoms with Crippen LogP contribution in [-0.4, -0.2) is 38.6 Å². The first-order valence-electron chi connectivity index (χ1n) is 8.11. The maximum atomic E-state index is 5.87. The average molecular weight is 343 g/mol. The highest BCUT2D eigenvalue weighted by atomic mass is 35.5. The third kappa shape index (κ3) is 13.8. The second kappa shape index (κ2) is 16.8. The van der Waals surface area contributed by atoms with Crippen molar-refractivity contribution in [2.75, 3.05) is 26.0 Å². The maximum absolute atomic E-state index is 5.87. The van der Waals surface area contributed by atoms with Crippen molar-refractivity contribution in [2.24, 2.45) is 0 Å². The first-order valence-corrected chi connectivity index (χ1v) is 9.18. The highest BCUT2D eigenvalue weighted by molar-refractivity contribution is 6.18. The number of unbranched alkanes of at least 4 members (excludes halogenated alkanes) is 6. The summed E-state index contributed by atoms with van der Waals surface area (Å²) < 4.78 is 16.6. The van der Waals surface area contributed by atoms with Gasteiger partial charge in [0.2, 0.25) is 0 Å². The second-order valence-electron chi connectivity index (χ2n) is 5.25. The van der Waals surface area contributed by atoms with Gasteiger partial charge in [0, 0.05) is 26.0 Å². The second-order valence-corrected chi connectivity index (χ2v) is 6.01. The Morgan fingerprint density at radius 2 is 1.00 bits per heavy atom. The zero-order chi connectivity index (χ0) is 15.8. The number of halogens is 2. The molecule has 0 aliphatic rings. The van der Waals surface area contributed by atoms with E-state index in [1.54, 1.807) is 14.2 Å². The SMILES string of the molecule is COC(CCCCCCCl)OC(CCCCCCCl)OC. The van der Waals surface area contributed by atoms with Crippen LogP contribution in [0.1, 0.15) is 64.2 Å². The molecule has 128 valence electrons. The van der Waals surface area contributed by atoms with Gasteiger partial charge in [-0.05, 0) is 38.5 Å². The van der Waals surface area contributed by atoms with Crippen LogP contribution in [0.15, 0.2) is 0 Å². The molecule has 0 aromatic heterocycles. The molecule has 3 nitrogen and oxygen atoms in total. The van der Waals surface area contributed by atoms with Gasteiger partial charge < -0.3 is 14.2 Å². The maximum Gasteiger partial charge on any atom is 0.160 e. The Kier molecular flexibility index (Phi) is 17.2. The van der Waals surface area contributed by atoms with Crippen LogP contribution in [0, 0.1) is 0 Å². The lowest BCUT2D eigenvalue weighted by Crippen LogP contribution is -2.25. The van der Waals surface area contributed by atoms with Crippen LogP contribution in [0.4, 0.5) is 0 Å². The summed E-state index contributed by atoms with van der Waals surface area (Å²) in [7, 11) is 3.38. The first-order chi connectivity index (χ1) is 10.3. The van der Waals surface area contributed by atoms with Gasteiger partial charge in [-0.2, -0.15) is 0 Å². The van der Waals surface area contributed by atoms with Crippen molar-refractivity contribution in [3.63, 3.8) is 0 Å². The fourth-order valence-electron chi connectivity index (χ4n) is 2.17. The minimum atomic E-state index is -0.172. The van der Waals surface area contributed by atoms with Crippen LogP contribution in [0.5, 0.6) is 0 Å². The van der Waals surface area contributed by atoms with Gasteiger partial charge in [0.25, 0.3) is 0 Å². The highest BCUT2D eigenvalue weighted by Crippen LogP contribution is 2.15. The molecule has 2 atom stereocenters. The summed E-state index contributed by atoms with van der Waals surface area (Å²) in [6.45, 7) is 0. The molecule has 0 aliphatic heterocycles. The molecule has 0 saturated carbocycles. The van der Waals surface area contributed by atoms with Gasteiger partial charge >= 0.3 is 0 Å². The summed E-state index contributed by atoms with van der Waals surface area (Å²) in [5.74, 6) is 1.50. The normalized spacial score (nSPS) is 14.3. The van der Waals surface area contributed by atoms with Gasteiger partial charge in [-0.25, -0.2) is 0 Å². The molecule has 0 aliphatic carbocycles. The summed E-state index contributed by atoms with van der Waals surface area (Å²) in [6.07, 6.45) is 10.5. The first kappa shape index (κ1) is 21.5. The standard InChI is InChI=1S/C16H32Cl2O3/c1-19-15(11-7-3-5-9-13-17)21-16(20-2)12-8-4-6-10-14-18/h15-16H,3-14H2,1-2H3. The third-order valence-electron chi connectivity index (χ3n) is 3.48. The van der Waals surface area contributed by atoms with Crippen LogP contribution in [0.3, 0.4) is 0 Å². The molecule has 0 saturated heterocycles. The van der Waals surface area contributed by atoms with Gasteiger partial charge in [-0.15, -0.1) is 23.2 Å². The Labute approximate surface area is 140 Å². The lowest BCUT2D eigenvalue weighted by atomic mass is 10.1. The Hall–Kier alpha value is 0.460. The van der Waals surface area contributed by atoms with E-state index in [2.05, 4.69) is 0 Å². The summed E-state index contributed by atoms with van der Waals surface area (Å²) in [5, 5.41) is 0. The number of rotatable bonds is 16. The Morgan fingerprint density at radius 1 is 0.619 bits per heavy atom. The quantitative estimate of drug-likeness (QED) is 0.215. The molecular weight excluding hydrogens is 311 g/mol. The molecule has 0 spiro atoms. The molecule has 21 heavy (non-hydrogen) atoms. The van der Waals surface area contributed by atoms with E-state index in [1.165, 1.54) is 25.7 Å². The Bertz CT molecular complexity index is 186. The van der Waals surface area contributed by atoms with E-state index in [0.717, 1.165) is 50.3 Å². The lowest BCUT2D eigenvalue weighted by Gasteiger charge is -2.23. The predicted molar refractivity (Wildman–Crippen MR) is 90.3 cm³/mol. The van der Waals surface area contributed by atoms with E-state index in [1.807, 2.05) is 0 Å². The molecule has 0 heterocycles. The molecular formula is C16H32Cl2O3. The molecule has 0 fully saturated rings. The largest absolute Gasteiger partial charge is 0.356 e. The Balaban J connectivity index is 3.73. The van der Waals surface area contributed by atoms with Gasteiger partial charge in [0.1, 0.15) is 0 Å². The van der Waals surface area contributed by atoms with Gasteiger partial charge in [0.05, 0.1) is 0 Å². The van der Waals surface area contributed by atoms with E-state index in [4.69, 9.17) is 37.4 Å². The molecule has 0 aromatic carbocycles. The fourth-order valence-corrected chi connectivity index (χ4v) is 2.55. The molecule has 0 radical (unpaired) electrons. The van der Waals surface area contributed by atoms with Crippen molar-refractivity contribution in [3.05, 3.63) is 0 Å². The molecule has 2 unspecified atom stereocenters. The van der Waals surface area contributed by atoms with E-state index in [9.17, 15) is 0 Å². The van der Waals surface area contributed by atoms with Crippen LogP contribution >= 0.6 is 23.2 Å². The van der Waals surface area contributed by atoms with Crippen molar-refractivity contribution in [2.45, 2.75) is 76.8 Å². The van der Waals surface area contributed by atoms with Crippen LogP contribution in [0.2, 0.25) is 0 Å². The number of hydrogen-bond donors (Lipinski definition) is 0. The molecule has 0 amide bonds. The average Bonchev–Trinajstić information content (AvgIpc) is 2.51. The van der Waals surface area contributed by atoms with Gasteiger partial charge in [0.15, 0.2) is 12.6 Å². The molecule has 0 bridgehead atoms. The summed E-state index contributed by atoms with van der Waals surface area (Å²) >= 11 is 11.3. The minimum absolute atomic E-state index is 0.172. The lowest BCUT2D eigenvalue weighted by molar-refractivity contribution is -0.233. The smallest absolute Gasteiger partial charge is 0.160 e. The van der Waals surface area contributed by atoms with E-state index >= 15 is 0 Å². The monoisotopic (exact) mass is 342 g/mol. The van der Waals surface area contributed by atoms with Crippen molar-refractivity contribution < 1.29 is 14.2 Å². The van der Waals surface area contributed by atoms with Crippen molar-refractivity contribution >= 4 is 23.2 Å². The molecule has 0 rings (SSSR count). The topological polar surface area (TPSA) is 27.7 Å². The van der Waals surface area contributed by atoms with Crippen LogP contribution < -0.4 is 0 Å². The molecule has 5 heteroatoms. The van der Waals surface area contributed by atoms with E-state index < -0.39 is 0 Å². The summed E-state index contributed by atoms with van der Waals surface area (Å²) in [4.78, 5) is 0. The van der Waals surface area contributed by atoms with E-state index in [0.29, 0.717) is 0 Å². The number of methoxy groups -OCH3 is 2. The van der Waals surface area contributed by atoms with E-state index in [-0.39, 0.29) is 12.6 Å². The van der Waals surface area contributed by atoms with Gasteiger partial charge in [-0.3, -0.25) is 0 Å². The van der Waals surface area contributed by atoms with Crippen molar-refractivity contribution in [3.8, 4) is 0 Å². The zero-order valence-electron chi connectivity index (χ0n) is 13.6. The van der Waals surface area contributed by atoms with Gasteiger partial charge in [-0.1, -0.05) is 25.7 Å². The molecule has 0 aromatic rings. The number of hydrogen-bond acceptors (Lipinski definition) is 3. The fraction of sp³-hybridized carbons (Fsp3) is 1.00. The predicted octanol–water partition coefficient (Wildman–Crippen LogP) is 5.33.